The summed E-state index contributed by atoms with van der Waals surface area (Å²) in [4.78, 5) is 15.9. The van der Waals surface area contributed by atoms with Crippen LogP contribution in [0.4, 0.5) is 5.95 Å². The third-order valence-electron chi connectivity index (χ3n) is 5.53. The van der Waals surface area contributed by atoms with E-state index in [2.05, 4.69) is 88.7 Å². The van der Waals surface area contributed by atoms with Gasteiger partial charge in [0.25, 0.3) is 0 Å². The molecule has 0 saturated carbocycles. The molecule has 28 heavy (non-hydrogen) atoms. The van der Waals surface area contributed by atoms with Gasteiger partial charge in [0.15, 0.2) is 0 Å². The lowest BCUT2D eigenvalue weighted by Crippen LogP contribution is -2.48. The van der Waals surface area contributed by atoms with Crippen LogP contribution in [-0.4, -0.2) is 85.2 Å². The Balaban J connectivity index is 1.33. The topological polar surface area (TPSA) is 50.4 Å². The van der Waals surface area contributed by atoms with Crippen LogP contribution in [0.5, 0.6) is 0 Å². The SMILES string of the molecule is Brc1c(Br)c(Br)c2[nH]c(N3CCN(CCCN4CCNCC4)CC3)nc2c1Br. The van der Waals surface area contributed by atoms with E-state index in [0.29, 0.717) is 0 Å². The monoisotopic (exact) mass is 640 g/mol. The van der Waals surface area contributed by atoms with Crippen LogP contribution in [-0.2, 0) is 0 Å². The third-order valence-corrected chi connectivity index (χ3v) is 10.3. The van der Waals surface area contributed by atoms with Crippen LogP contribution in [0.2, 0.25) is 0 Å². The lowest BCUT2D eigenvalue weighted by atomic mass is 10.2. The molecule has 0 atom stereocenters. The molecule has 0 spiro atoms. The minimum atomic E-state index is 0.940. The molecule has 2 aliphatic heterocycles. The van der Waals surface area contributed by atoms with Gasteiger partial charge < -0.3 is 20.1 Å². The summed E-state index contributed by atoms with van der Waals surface area (Å²) in [5, 5.41) is 3.42. The van der Waals surface area contributed by atoms with Gasteiger partial charge in [0.1, 0.15) is 5.52 Å². The number of aromatic amines is 1. The number of anilines is 1. The van der Waals surface area contributed by atoms with Gasteiger partial charge in [-0.05, 0) is 83.2 Å². The van der Waals surface area contributed by atoms with E-state index in [0.717, 1.165) is 74.1 Å². The first-order chi connectivity index (χ1) is 13.5. The number of nitrogens with one attached hydrogen (secondary N) is 2. The number of halogens is 4. The minimum Gasteiger partial charge on any atom is -0.340 e. The zero-order chi connectivity index (χ0) is 19.7. The molecule has 0 unspecified atom stereocenters. The number of benzene rings is 1. The summed E-state index contributed by atoms with van der Waals surface area (Å²) in [6.45, 7) is 11.3. The summed E-state index contributed by atoms with van der Waals surface area (Å²) in [5.41, 5.74) is 1.95. The van der Waals surface area contributed by atoms with Gasteiger partial charge in [-0.1, -0.05) is 0 Å². The first kappa shape index (κ1) is 21.5. The highest BCUT2D eigenvalue weighted by Gasteiger charge is 2.23. The number of nitrogens with zero attached hydrogens (tertiary/aromatic N) is 4. The third kappa shape index (κ3) is 4.63. The molecule has 0 radical (unpaired) electrons. The second kappa shape index (κ2) is 9.62. The highest BCUT2D eigenvalue weighted by molar-refractivity contribution is 9.15. The Morgan fingerprint density at radius 3 is 2.04 bits per heavy atom. The van der Waals surface area contributed by atoms with Crippen LogP contribution in [0, 0.1) is 0 Å². The number of hydrogen-bond donors (Lipinski definition) is 2. The summed E-state index contributed by atoms with van der Waals surface area (Å²) in [6, 6.07) is 0. The van der Waals surface area contributed by atoms with Gasteiger partial charge in [-0.15, -0.1) is 0 Å². The fourth-order valence-electron chi connectivity index (χ4n) is 3.87. The van der Waals surface area contributed by atoms with Gasteiger partial charge in [0.2, 0.25) is 5.95 Å². The van der Waals surface area contributed by atoms with Gasteiger partial charge in [-0.3, -0.25) is 4.90 Å². The van der Waals surface area contributed by atoms with E-state index in [-0.39, 0.29) is 0 Å². The number of H-pyrrole nitrogens is 1. The summed E-state index contributed by atoms with van der Waals surface area (Å²) in [7, 11) is 0. The smallest absolute Gasteiger partial charge is 0.203 e. The van der Waals surface area contributed by atoms with E-state index in [1.807, 2.05) is 0 Å². The number of hydrogen-bond acceptors (Lipinski definition) is 5. The lowest BCUT2D eigenvalue weighted by molar-refractivity contribution is 0.205. The molecule has 0 aliphatic carbocycles. The Bertz CT molecular complexity index is 782. The Kier molecular flexibility index (Phi) is 7.39. The number of imidazole rings is 1. The van der Waals surface area contributed by atoms with Crippen molar-refractivity contribution in [3.8, 4) is 0 Å². The summed E-state index contributed by atoms with van der Waals surface area (Å²) in [6.07, 6.45) is 1.26. The largest absolute Gasteiger partial charge is 0.340 e. The van der Waals surface area contributed by atoms with Crippen molar-refractivity contribution in [2.75, 3.05) is 70.3 Å². The maximum atomic E-state index is 4.86. The van der Waals surface area contributed by atoms with Crippen molar-refractivity contribution in [3.63, 3.8) is 0 Å². The molecule has 4 rings (SSSR count). The van der Waals surface area contributed by atoms with Crippen LogP contribution >= 0.6 is 63.7 Å². The second-order valence-electron chi connectivity index (χ2n) is 7.31. The first-order valence-electron chi connectivity index (χ1n) is 9.66. The second-order valence-corrected chi connectivity index (χ2v) is 10.5. The van der Waals surface area contributed by atoms with Crippen LogP contribution in [0.25, 0.3) is 11.0 Å². The maximum absolute atomic E-state index is 4.86. The average molecular weight is 644 g/mol. The molecule has 2 aliphatic rings. The van der Waals surface area contributed by atoms with E-state index >= 15 is 0 Å². The Morgan fingerprint density at radius 2 is 1.36 bits per heavy atom. The maximum Gasteiger partial charge on any atom is 0.203 e. The van der Waals surface area contributed by atoms with E-state index in [9.17, 15) is 0 Å². The molecular weight excluding hydrogens is 620 g/mol. The van der Waals surface area contributed by atoms with Crippen LogP contribution in [0.3, 0.4) is 0 Å². The molecule has 6 nitrogen and oxygen atoms in total. The van der Waals surface area contributed by atoms with Crippen molar-refractivity contribution in [1.82, 2.24) is 25.1 Å². The highest BCUT2D eigenvalue weighted by atomic mass is 79.9. The van der Waals surface area contributed by atoms with Gasteiger partial charge in [0, 0.05) is 61.3 Å². The zero-order valence-corrected chi connectivity index (χ0v) is 21.9. The van der Waals surface area contributed by atoms with Crippen LogP contribution in [0.15, 0.2) is 17.9 Å². The molecule has 0 bridgehead atoms. The molecule has 154 valence electrons. The van der Waals surface area contributed by atoms with Crippen molar-refractivity contribution in [3.05, 3.63) is 17.9 Å². The molecule has 3 heterocycles. The Morgan fingerprint density at radius 1 is 0.750 bits per heavy atom. The quantitative estimate of drug-likeness (QED) is 0.381. The minimum absolute atomic E-state index is 0.940. The number of fused-ring (bicyclic) bond motifs is 1. The molecule has 2 saturated heterocycles. The first-order valence-corrected chi connectivity index (χ1v) is 12.8. The van der Waals surface area contributed by atoms with Gasteiger partial charge in [0.05, 0.1) is 14.5 Å². The highest BCUT2D eigenvalue weighted by Crippen LogP contribution is 2.43. The number of piperazine rings is 2. The lowest BCUT2D eigenvalue weighted by Gasteiger charge is -2.35. The Labute approximate surface area is 199 Å². The van der Waals surface area contributed by atoms with Gasteiger partial charge in [-0.25, -0.2) is 4.98 Å². The van der Waals surface area contributed by atoms with Gasteiger partial charge in [-0.2, -0.15) is 0 Å². The normalized spacial score (nSPS) is 19.6. The molecule has 2 aromatic rings. The molecule has 1 aromatic carbocycles. The predicted octanol–water partition coefficient (Wildman–Crippen LogP) is 4.03. The number of aromatic nitrogens is 2. The van der Waals surface area contributed by atoms with Crippen molar-refractivity contribution in [2.24, 2.45) is 0 Å². The Hall–Kier alpha value is 0.290. The molecule has 1 aromatic heterocycles. The molecule has 2 fully saturated rings. The molecule has 10 heteroatoms. The average Bonchev–Trinajstić information content (AvgIpc) is 3.18. The van der Waals surface area contributed by atoms with Crippen molar-refractivity contribution in [2.45, 2.75) is 6.42 Å². The van der Waals surface area contributed by atoms with E-state index < -0.39 is 0 Å². The van der Waals surface area contributed by atoms with Crippen molar-refractivity contribution >= 4 is 80.7 Å². The molecule has 2 N–H and O–H groups in total. The standard InChI is InChI=1S/C18H24Br4N6/c19-12-13(20)15(22)17-16(14(12)21)24-18(25-17)28-10-8-27(9-11-28)5-1-4-26-6-2-23-3-7-26/h23H,1-11H2,(H,24,25). The summed E-state index contributed by atoms with van der Waals surface area (Å²) < 4.78 is 3.91. The van der Waals surface area contributed by atoms with E-state index in [1.54, 1.807) is 0 Å². The van der Waals surface area contributed by atoms with Crippen LogP contribution in [0.1, 0.15) is 6.42 Å². The predicted molar refractivity (Wildman–Crippen MR) is 129 cm³/mol. The summed E-state index contributed by atoms with van der Waals surface area (Å²) in [5.74, 6) is 0.946. The fourth-order valence-corrected chi connectivity index (χ4v) is 6.16. The molecule has 0 amide bonds. The van der Waals surface area contributed by atoms with Crippen molar-refractivity contribution in [1.29, 1.82) is 0 Å². The summed E-state index contributed by atoms with van der Waals surface area (Å²) >= 11 is 14.6. The van der Waals surface area contributed by atoms with Crippen LogP contribution < -0.4 is 10.2 Å². The molecular formula is C18H24Br4N6. The number of rotatable bonds is 5. The van der Waals surface area contributed by atoms with E-state index in [1.165, 1.54) is 32.6 Å². The zero-order valence-electron chi connectivity index (χ0n) is 15.6. The fraction of sp³-hybridized carbons (Fsp3) is 0.611. The van der Waals surface area contributed by atoms with Crippen molar-refractivity contribution < 1.29 is 0 Å². The van der Waals surface area contributed by atoms with Gasteiger partial charge >= 0.3 is 0 Å². The van der Waals surface area contributed by atoms with E-state index in [4.69, 9.17) is 4.98 Å².